The number of aromatic nitrogens is 2. The second-order valence-corrected chi connectivity index (χ2v) is 5.61. The molecular weight excluding hydrogens is 323 g/mol. The third-order valence-electron chi connectivity index (χ3n) is 3.63. The molecule has 0 saturated carbocycles. The van der Waals surface area contributed by atoms with Crippen molar-refractivity contribution in [1.29, 1.82) is 0 Å². The average Bonchev–Trinajstić information content (AvgIpc) is 3.17. The predicted octanol–water partition coefficient (Wildman–Crippen LogP) is 2.63. The van der Waals surface area contributed by atoms with Gasteiger partial charge in [-0.25, -0.2) is 0 Å². The zero-order valence-electron chi connectivity index (χ0n) is 11.9. The maximum atomic E-state index is 12.1. The highest BCUT2D eigenvalue weighted by Crippen LogP contribution is 2.20. The highest BCUT2D eigenvalue weighted by molar-refractivity contribution is 6.30. The van der Waals surface area contributed by atoms with Crippen LogP contribution in [0.25, 0.3) is 11.3 Å². The molecule has 1 aromatic carbocycles. The van der Waals surface area contributed by atoms with E-state index in [-0.39, 0.29) is 18.3 Å². The molecule has 0 radical (unpaired) electrons. The van der Waals surface area contributed by atoms with Gasteiger partial charge in [0.15, 0.2) is 0 Å². The Bertz CT molecular complexity index is 621. The molecule has 2 aromatic rings. The first-order valence-corrected chi connectivity index (χ1v) is 7.43. The zero-order chi connectivity index (χ0) is 14.7. The molecular formula is C15H18Cl2N4O. The number of nitrogens with one attached hydrogen (secondary N) is 3. The molecule has 7 heteroatoms. The molecule has 1 atom stereocenters. The van der Waals surface area contributed by atoms with E-state index in [2.05, 4.69) is 20.8 Å². The number of nitrogens with zero attached hydrogens (tertiary/aromatic N) is 1. The lowest BCUT2D eigenvalue weighted by molar-refractivity contribution is 0.0945. The van der Waals surface area contributed by atoms with Gasteiger partial charge in [-0.15, -0.1) is 12.4 Å². The molecule has 1 aliphatic rings. The van der Waals surface area contributed by atoms with Gasteiger partial charge in [-0.3, -0.25) is 9.89 Å². The SMILES string of the molecule is Cl.O=C(NCC1CCCN1)c1cc(-c2ccc(Cl)cc2)n[nH]1. The van der Waals surface area contributed by atoms with Crippen LogP contribution in [0.4, 0.5) is 0 Å². The first-order chi connectivity index (χ1) is 10.2. The molecule has 118 valence electrons. The first kappa shape index (κ1) is 16.8. The van der Waals surface area contributed by atoms with E-state index in [9.17, 15) is 4.79 Å². The number of hydrogen-bond donors (Lipinski definition) is 3. The average molecular weight is 341 g/mol. The molecule has 1 aliphatic heterocycles. The van der Waals surface area contributed by atoms with E-state index in [4.69, 9.17) is 11.6 Å². The molecule has 5 nitrogen and oxygen atoms in total. The molecule has 1 amide bonds. The number of hydrogen-bond acceptors (Lipinski definition) is 3. The molecule has 0 aliphatic carbocycles. The van der Waals surface area contributed by atoms with Crippen LogP contribution in [0.1, 0.15) is 23.3 Å². The molecule has 0 bridgehead atoms. The minimum atomic E-state index is -0.128. The number of H-pyrrole nitrogens is 1. The Morgan fingerprint density at radius 2 is 2.14 bits per heavy atom. The van der Waals surface area contributed by atoms with Crippen LogP contribution in [-0.2, 0) is 0 Å². The van der Waals surface area contributed by atoms with Crippen LogP contribution in [0.5, 0.6) is 0 Å². The van der Waals surface area contributed by atoms with Crippen molar-refractivity contribution < 1.29 is 4.79 Å². The predicted molar refractivity (Wildman–Crippen MR) is 89.6 cm³/mol. The van der Waals surface area contributed by atoms with Crippen molar-refractivity contribution in [2.45, 2.75) is 18.9 Å². The van der Waals surface area contributed by atoms with Gasteiger partial charge in [0.2, 0.25) is 0 Å². The van der Waals surface area contributed by atoms with Gasteiger partial charge < -0.3 is 10.6 Å². The Morgan fingerprint density at radius 3 is 2.82 bits per heavy atom. The lowest BCUT2D eigenvalue weighted by Gasteiger charge is -2.10. The third kappa shape index (κ3) is 4.00. The quantitative estimate of drug-likeness (QED) is 0.801. The van der Waals surface area contributed by atoms with E-state index in [1.807, 2.05) is 12.1 Å². The van der Waals surface area contributed by atoms with E-state index in [0.717, 1.165) is 24.2 Å². The van der Waals surface area contributed by atoms with Crippen molar-refractivity contribution in [1.82, 2.24) is 20.8 Å². The van der Waals surface area contributed by atoms with Gasteiger partial charge >= 0.3 is 0 Å². The molecule has 2 heterocycles. The number of amides is 1. The fourth-order valence-electron chi connectivity index (χ4n) is 2.45. The fourth-order valence-corrected chi connectivity index (χ4v) is 2.57. The number of carbonyl (C=O) groups is 1. The van der Waals surface area contributed by atoms with Crippen molar-refractivity contribution >= 4 is 29.9 Å². The van der Waals surface area contributed by atoms with Crippen molar-refractivity contribution in [3.05, 3.63) is 41.0 Å². The number of rotatable bonds is 4. The van der Waals surface area contributed by atoms with Gasteiger partial charge in [-0.1, -0.05) is 23.7 Å². The highest BCUT2D eigenvalue weighted by Gasteiger charge is 2.16. The zero-order valence-corrected chi connectivity index (χ0v) is 13.5. The van der Waals surface area contributed by atoms with Gasteiger partial charge in [0.1, 0.15) is 5.69 Å². The number of aromatic amines is 1. The smallest absolute Gasteiger partial charge is 0.269 e. The summed E-state index contributed by atoms with van der Waals surface area (Å²) in [5.74, 6) is -0.128. The molecule has 3 rings (SSSR count). The van der Waals surface area contributed by atoms with Crippen LogP contribution in [0.2, 0.25) is 5.02 Å². The number of benzene rings is 1. The molecule has 1 saturated heterocycles. The lowest BCUT2D eigenvalue weighted by Crippen LogP contribution is -2.37. The van der Waals surface area contributed by atoms with Gasteiger partial charge in [0.25, 0.3) is 5.91 Å². The lowest BCUT2D eigenvalue weighted by atomic mass is 10.1. The summed E-state index contributed by atoms with van der Waals surface area (Å²) in [5, 5.41) is 13.9. The van der Waals surface area contributed by atoms with Crippen LogP contribution in [0.15, 0.2) is 30.3 Å². The van der Waals surface area contributed by atoms with Crippen LogP contribution < -0.4 is 10.6 Å². The van der Waals surface area contributed by atoms with Crippen LogP contribution in [0.3, 0.4) is 0 Å². The Labute approximate surface area is 140 Å². The van der Waals surface area contributed by atoms with E-state index in [1.54, 1.807) is 18.2 Å². The summed E-state index contributed by atoms with van der Waals surface area (Å²) in [6.45, 7) is 1.68. The Kier molecular flexibility index (Phi) is 5.83. The minimum absolute atomic E-state index is 0. The monoisotopic (exact) mass is 340 g/mol. The largest absolute Gasteiger partial charge is 0.349 e. The van der Waals surface area contributed by atoms with Gasteiger partial charge in [0.05, 0.1) is 5.69 Å². The minimum Gasteiger partial charge on any atom is -0.349 e. The molecule has 0 spiro atoms. The summed E-state index contributed by atoms with van der Waals surface area (Å²) in [6.07, 6.45) is 2.28. The topological polar surface area (TPSA) is 69.8 Å². The molecule has 3 N–H and O–H groups in total. The van der Waals surface area contributed by atoms with Gasteiger partial charge in [0, 0.05) is 23.2 Å². The summed E-state index contributed by atoms with van der Waals surface area (Å²) in [6, 6.07) is 9.49. The Balaban J connectivity index is 0.00000176. The highest BCUT2D eigenvalue weighted by atomic mass is 35.5. The summed E-state index contributed by atoms with van der Waals surface area (Å²) >= 11 is 5.86. The number of halogens is 2. The van der Waals surface area contributed by atoms with Crippen molar-refractivity contribution in [2.24, 2.45) is 0 Å². The standard InChI is InChI=1S/C15H17ClN4O.ClH/c16-11-5-3-10(4-6-11)13-8-14(20-19-13)15(21)18-9-12-2-1-7-17-12;/h3-6,8,12,17H,1-2,7,9H2,(H,18,21)(H,19,20);1H. The van der Waals surface area contributed by atoms with E-state index in [1.165, 1.54) is 6.42 Å². The van der Waals surface area contributed by atoms with Crippen molar-refractivity contribution in [3.8, 4) is 11.3 Å². The van der Waals surface area contributed by atoms with Crippen LogP contribution in [-0.4, -0.2) is 35.2 Å². The van der Waals surface area contributed by atoms with Gasteiger partial charge in [-0.2, -0.15) is 5.10 Å². The van der Waals surface area contributed by atoms with E-state index >= 15 is 0 Å². The second kappa shape index (κ2) is 7.63. The maximum Gasteiger partial charge on any atom is 0.269 e. The molecule has 1 unspecified atom stereocenters. The fraction of sp³-hybridized carbons (Fsp3) is 0.333. The summed E-state index contributed by atoms with van der Waals surface area (Å²) in [7, 11) is 0. The second-order valence-electron chi connectivity index (χ2n) is 5.18. The van der Waals surface area contributed by atoms with Crippen LogP contribution >= 0.6 is 24.0 Å². The summed E-state index contributed by atoms with van der Waals surface area (Å²) < 4.78 is 0. The Hall–Kier alpha value is -1.56. The molecule has 1 aromatic heterocycles. The molecule has 1 fully saturated rings. The third-order valence-corrected chi connectivity index (χ3v) is 3.89. The van der Waals surface area contributed by atoms with Crippen LogP contribution in [0, 0.1) is 0 Å². The summed E-state index contributed by atoms with van der Waals surface area (Å²) in [5.41, 5.74) is 2.13. The normalized spacial score (nSPS) is 17.0. The first-order valence-electron chi connectivity index (χ1n) is 7.05. The molecule has 22 heavy (non-hydrogen) atoms. The van der Waals surface area contributed by atoms with E-state index in [0.29, 0.717) is 23.3 Å². The maximum absolute atomic E-state index is 12.1. The Morgan fingerprint density at radius 1 is 1.36 bits per heavy atom. The van der Waals surface area contributed by atoms with E-state index < -0.39 is 0 Å². The van der Waals surface area contributed by atoms with Crippen molar-refractivity contribution in [2.75, 3.05) is 13.1 Å². The van der Waals surface area contributed by atoms with Gasteiger partial charge in [-0.05, 0) is 37.6 Å². The summed E-state index contributed by atoms with van der Waals surface area (Å²) in [4.78, 5) is 12.1. The van der Waals surface area contributed by atoms with Crippen molar-refractivity contribution in [3.63, 3.8) is 0 Å². The number of carbonyl (C=O) groups excluding carboxylic acids is 1.